The number of aromatic nitrogens is 1. The number of nitrogens with two attached hydrogens (primary N) is 1. The Morgan fingerprint density at radius 3 is 2.44 bits per heavy atom. The summed E-state index contributed by atoms with van der Waals surface area (Å²) in [5.74, 6) is -0.173. The summed E-state index contributed by atoms with van der Waals surface area (Å²) >= 11 is 12.4. The van der Waals surface area contributed by atoms with Gasteiger partial charge >= 0.3 is 0 Å². The molecule has 1 aromatic heterocycles. The largest absolute Gasteiger partial charge is 0.478 e. The Morgan fingerprint density at radius 1 is 1.07 bits per heavy atom. The molecule has 1 atom stereocenters. The SMILES string of the molecule is Cc1cccc(C)c1C(Oc1cc(Cl)ccc1Cl)c1ncccc1C(N)=O. The molecule has 0 bridgehead atoms. The lowest BCUT2D eigenvalue weighted by atomic mass is 9.93. The predicted molar refractivity (Wildman–Crippen MR) is 108 cm³/mol. The summed E-state index contributed by atoms with van der Waals surface area (Å²) in [5.41, 5.74) is 9.19. The summed E-state index contributed by atoms with van der Waals surface area (Å²) in [6, 6.07) is 14.2. The van der Waals surface area contributed by atoms with Crippen LogP contribution in [0.15, 0.2) is 54.7 Å². The van der Waals surface area contributed by atoms with E-state index in [2.05, 4.69) is 4.98 Å². The molecular formula is C21H18Cl2N2O2. The molecule has 3 aromatic rings. The molecule has 0 fully saturated rings. The first-order valence-electron chi connectivity index (χ1n) is 8.31. The van der Waals surface area contributed by atoms with Crippen LogP contribution in [0.2, 0.25) is 10.0 Å². The second kappa shape index (κ2) is 7.99. The number of hydrogen-bond acceptors (Lipinski definition) is 3. The standard InChI is InChI=1S/C21H18Cl2N2O2/c1-12-5-3-6-13(2)18(12)20(19-15(21(24)26)7-4-10-25-19)27-17-11-14(22)8-9-16(17)23/h3-11,20H,1-2H3,(H2,24,26). The highest BCUT2D eigenvalue weighted by atomic mass is 35.5. The summed E-state index contributed by atoms with van der Waals surface area (Å²) in [6.07, 6.45) is 0.927. The van der Waals surface area contributed by atoms with Gasteiger partial charge in [-0.1, -0.05) is 41.4 Å². The number of pyridine rings is 1. The molecule has 1 heterocycles. The van der Waals surface area contributed by atoms with Gasteiger partial charge in [-0.25, -0.2) is 0 Å². The topological polar surface area (TPSA) is 65.2 Å². The third-order valence-corrected chi connectivity index (χ3v) is 4.84. The number of primary amides is 1. The Bertz CT molecular complexity index is 985. The van der Waals surface area contributed by atoms with Crippen molar-refractivity contribution in [3.8, 4) is 5.75 Å². The highest BCUT2D eigenvalue weighted by Gasteiger charge is 2.26. The molecule has 1 amide bonds. The number of hydrogen-bond donors (Lipinski definition) is 1. The van der Waals surface area contributed by atoms with Gasteiger partial charge in [0, 0.05) is 22.8 Å². The lowest BCUT2D eigenvalue weighted by Crippen LogP contribution is -2.21. The zero-order chi connectivity index (χ0) is 19.6. The Labute approximate surface area is 167 Å². The van der Waals surface area contributed by atoms with Crippen LogP contribution >= 0.6 is 23.2 Å². The van der Waals surface area contributed by atoms with Gasteiger partial charge in [-0.15, -0.1) is 0 Å². The van der Waals surface area contributed by atoms with Gasteiger partial charge in [-0.2, -0.15) is 0 Å². The van der Waals surface area contributed by atoms with Crippen molar-refractivity contribution in [2.24, 2.45) is 5.73 Å². The van der Waals surface area contributed by atoms with Gasteiger partial charge in [-0.3, -0.25) is 9.78 Å². The molecule has 0 saturated carbocycles. The van der Waals surface area contributed by atoms with E-state index in [1.165, 1.54) is 0 Å². The molecule has 0 saturated heterocycles. The molecule has 27 heavy (non-hydrogen) atoms. The molecule has 4 nitrogen and oxygen atoms in total. The zero-order valence-corrected chi connectivity index (χ0v) is 16.4. The summed E-state index contributed by atoms with van der Waals surface area (Å²) in [7, 11) is 0. The number of carbonyl (C=O) groups is 1. The molecule has 0 radical (unpaired) electrons. The molecule has 138 valence electrons. The van der Waals surface area contributed by atoms with Crippen LogP contribution in [0.5, 0.6) is 5.75 Å². The van der Waals surface area contributed by atoms with E-state index in [-0.39, 0.29) is 0 Å². The summed E-state index contributed by atoms with van der Waals surface area (Å²) in [4.78, 5) is 16.4. The lowest BCUT2D eigenvalue weighted by Gasteiger charge is -2.24. The maximum atomic E-state index is 12.0. The van der Waals surface area contributed by atoms with Crippen molar-refractivity contribution >= 4 is 29.1 Å². The Balaban J connectivity index is 2.22. The lowest BCUT2D eigenvalue weighted by molar-refractivity contribution is 0.0995. The summed E-state index contributed by atoms with van der Waals surface area (Å²) in [6.45, 7) is 3.95. The van der Waals surface area contributed by atoms with Gasteiger partial charge in [0.15, 0.2) is 6.10 Å². The van der Waals surface area contributed by atoms with Crippen molar-refractivity contribution in [3.05, 3.63) is 92.7 Å². The molecule has 1 unspecified atom stereocenters. The second-order valence-corrected chi connectivity index (χ2v) is 7.02. The van der Waals surface area contributed by atoms with Crippen LogP contribution in [0, 0.1) is 13.8 Å². The highest BCUT2D eigenvalue weighted by molar-refractivity contribution is 6.34. The quantitative estimate of drug-likeness (QED) is 0.633. The van der Waals surface area contributed by atoms with E-state index in [0.717, 1.165) is 16.7 Å². The second-order valence-electron chi connectivity index (χ2n) is 6.18. The van der Waals surface area contributed by atoms with Crippen LogP contribution in [0.1, 0.15) is 38.8 Å². The van der Waals surface area contributed by atoms with E-state index in [1.54, 1.807) is 36.5 Å². The Kier molecular flexibility index (Phi) is 5.68. The number of nitrogens with zero attached hydrogens (tertiary/aromatic N) is 1. The van der Waals surface area contributed by atoms with Gasteiger partial charge in [0.1, 0.15) is 5.75 Å². The van der Waals surface area contributed by atoms with Gasteiger partial charge < -0.3 is 10.5 Å². The monoisotopic (exact) mass is 400 g/mol. The summed E-state index contributed by atoms with van der Waals surface area (Å²) < 4.78 is 6.26. The Morgan fingerprint density at radius 2 is 1.78 bits per heavy atom. The average molecular weight is 401 g/mol. The van der Waals surface area contributed by atoms with Crippen molar-refractivity contribution in [2.75, 3.05) is 0 Å². The van der Waals surface area contributed by atoms with E-state index in [0.29, 0.717) is 27.1 Å². The van der Waals surface area contributed by atoms with Crippen molar-refractivity contribution in [2.45, 2.75) is 20.0 Å². The smallest absolute Gasteiger partial charge is 0.250 e. The van der Waals surface area contributed by atoms with Gasteiger partial charge in [0.05, 0.1) is 16.3 Å². The fourth-order valence-corrected chi connectivity index (χ4v) is 3.35. The van der Waals surface area contributed by atoms with Crippen LogP contribution in [0.25, 0.3) is 0 Å². The number of rotatable bonds is 5. The van der Waals surface area contributed by atoms with Crippen molar-refractivity contribution in [1.82, 2.24) is 4.98 Å². The van der Waals surface area contributed by atoms with E-state index in [1.807, 2.05) is 32.0 Å². The molecule has 2 N–H and O–H groups in total. The zero-order valence-electron chi connectivity index (χ0n) is 14.9. The Hall–Kier alpha value is -2.56. The minimum atomic E-state index is -0.675. The third kappa shape index (κ3) is 4.07. The van der Waals surface area contributed by atoms with Crippen LogP contribution < -0.4 is 10.5 Å². The first-order valence-corrected chi connectivity index (χ1v) is 9.06. The maximum Gasteiger partial charge on any atom is 0.250 e. The maximum absolute atomic E-state index is 12.0. The van der Waals surface area contributed by atoms with Gasteiger partial charge in [0.25, 0.3) is 5.91 Å². The van der Waals surface area contributed by atoms with Crippen molar-refractivity contribution in [1.29, 1.82) is 0 Å². The van der Waals surface area contributed by atoms with Gasteiger partial charge in [-0.05, 0) is 49.2 Å². The van der Waals surface area contributed by atoms with Crippen LogP contribution in [0.4, 0.5) is 0 Å². The van der Waals surface area contributed by atoms with E-state index in [9.17, 15) is 4.79 Å². The molecule has 2 aromatic carbocycles. The molecule has 6 heteroatoms. The molecule has 0 aliphatic heterocycles. The van der Waals surface area contributed by atoms with E-state index in [4.69, 9.17) is 33.7 Å². The number of amides is 1. The molecule has 0 aliphatic rings. The van der Waals surface area contributed by atoms with Crippen molar-refractivity contribution < 1.29 is 9.53 Å². The predicted octanol–water partition coefficient (Wildman–Crippen LogP) is 5.27. The number of benzene rings is 2. The van der Waals surface area contributed by atoms with Crippen LogP contribution in [-0.4, -0.2) is 10.9 Å². The third-order valence-electron chi connectivity index (χ3n) is 4.29. The van der Waals surface area contributed by atoms with Gasteiger partial charge in [0.2, 0.25) is 0 Å². The number of carbonyl (C=O) groups excluding carboxylic acids is 1. The highest BCUT2D eigenvalue weighted by Crippen LogP contribution is 2.37. The first-order chi connectivity index (χ1) is 12.9. The van der Waals surface area contributed by atoms with Crippen LogP contribution in [0.3, 0.4) is 0 Å². The van der Waals surface area contributed by atoms with Crippen LogP contribution in [-0.2, 0) is 0 Å². The normalized spacial score (nSPS) is 11.9. The molecule has 0 spiro atoms. The van der Waals surface area contributed by atoms with E-state index < -0.39 is 12.0 Å². The molecular weight excluding hydrogens is 383 g/mol. The minimum Gasteiger partial charge on any atom is -0.478 e. The van der Waals surface area contributed by atoms with Crippen molar-refractivity contribution in [3.63, 3.8) is 0 Å². The average Bonchev–Trinajstić information content (AvgIpc) is 2.63. The first kappa shape index (κ1) is 19.2. The molecule has 3 rings (SSSR count). The number of halogens is 2. The number of aryl methyl sites for hydroxylation is 2. The summed E-state index contributed by atoms with van der Waals surface area (Å²) in [5, 5.41) is 0.901. The fourth-order valence-electron chi connectivity index (χ4n) is 3.02. The fraction of sp³-hybridized carbons (Fsp3) is 0.143. The number of ether oxygens (including phenoxy) is 1. The van der Waals surface area contributed by atoms with E-state index >= 15 is 0 Å². The minimum absolute atomic E-state index is 0.295. The molecule has 0 aliphatic carbocycles.